The number of hydrazone groups is 1. The maximum Gasteiger partial charge on any atom is 0.282 e. The number of nitrogens with zero attached hydrogens (tertiary/aromatic N) is 2. The molecule has 0 spiro atoms. The summed E-state index contributed by atoms with van der Waals surface area (Å²) in [5.74, 6) is -4.27. The molecule has 1 heterocycles. The van der Waals surface area contributed by atoms with E-state index in [2.05, 4.69) is 28.1 Å². The van der Waals surface area contributed by atoms with Gasteiger partial charge in [-0.2, -0.15) is 5.10 Å². The summed E-state index contributed by atoms with van der Waals surface area (Å²) in [6.45, 7) is 0. The van der Waals surface area contributed by atoms with Gasteiger partial charge >= 0.3 is 0 Å². The average molecular weight is 519 g/mol. The number of hydrogen-bond donors (Lipinski definition) is 3. The van der Waals surface area contributed by atoms with Gasteiger partial charge in [-0.1, -0.05) is 46.4 Å². The monoisotopic (exact) mass is 517 g/mol. The van der Waals surface area contributed by atoms with E-state index in [-0.39, 0.29) is 26.5 Å². The Morgan fingerprint density at radius 3 is 2.23 bits per heavy atom. The number of thiocarbonyl (C=S) groups is 1. The minimum atomic E-state index is -1.63. The SMILES string of the molecule is NC(=S)N/N=C1/C(=O)N(c2ccc(Cl)cc2Cl)C(=O)[C@@H]1C(=O)Nc1ccc(Cl)cc1Cl. The Bertz CT molecular complexity index is 1160. The number of rotatable bonds is 4. The highest BCUT2D eigenvalue weighted by Crippen LogP contribution is 2.34. The molecule has 31 heavy (non-hydrogen) atoms. The van der Waals surface area contributed by atoms with Crippen LogP contribution in [0, 0.1) is 5.92 Å². The number of hydrogen-bond acceptors (Lipinski definition) is 5. The van der Waals surface area contributed by atoms with Crippen molar-refractivity contribution in [2.24, 2.45) is 16.8 Å². The number of nitrogens with two attached hydrogens (primary N) is 1. The molecule has 1 saturated heterocycles. The molecule has 0 unspecified atom stereocenters. The lowest BCUT2D eigenvalue weighted by molar-refractivity contribution is -0.127. The third-order valence-electron chi connectivity index (χ3n) is 4.05. The number of carbonyl (C=O) groups excluding carboxylic acids is 3. The Kier molecular flexibility index (Phi) is 7.03. The molecule has 0 aliphatic carbocycles. The summed E-state index contributed by atoms with van der Waals surface area (Å²) in [6.07, 6.45) is 0. The van der Waals surface area contributed by atoms with Gasteiger partial charge in [0.15, 0.2) is 11.0 Å². The molecule has 3 amide bonds. The van der Waals surface area contributed by atoms with Crippen LogP contribution in [0.3, 0.4) is 0 Å². The summed E-state index contributed by atoms with van der Waals surface area (Å²) >= 11 is 28.6. The highest BCUT2D eigenvalue weighted by molar-refractivity contribution is 7.80. The standard InChI is InChI=1S/C18H11Cl4N5O3S/c19-7-1-3-11(9(21)5-7)24-15(28)13-14(25-26-18(23)31)17(30)27(16(13)29)12-4-2-8(20)6-10(12)22/h1-6,13H,(H,24,28)(H3,23,26,31)/b25-14+/t13-/m0/s1. The Balaban J connectivity index is 2.02. The normalized spacial score (nSPS) is 17.2. The van der Waals surface area contributed by atoms with Crippen LogP contribution in [-0.4, -0.2) is 28.5 Å². The molecule has 3 rings (SSSR count). The van der Waals surface area contributed by atoms with Gasteiger partial charge in [0.05, 0.1) is 21.4 Å². The van der Waals surface area contributed by atoms with Crippen molar-refractivity contribution in [1.82, 2.24) is 5.43 Å². The van der Waals surface area contributed by atoms with Crippen LogP contribution in [0.2, 0.25) is 20.1 Å². The molecule has 1 aliphatic rings. The van der Waals surface area contributed by atoms with Crippen LogP contribution in [0.15, 0.2) is 41.5 Å². The molecule has 0 aromatic heterocycles. The predicted octanol–water partition coefficient (Wildman–Crippen LogP) is 3.62. The second kappa shape index (κ2) is 9.37. The van der Waals surface area contributed by atoms with Gasteiger partial charge in [0.1, 0.15) is 5.71 Å². The summed E-state index contributed by atoms with van der Waals surface area (Å²) in [6, 6.07) is 8.51. The van der Waals surface area contributed by atoms with Crippen molar-refractivity contribution in [3.8, 4) is 0 Å². The highest BCUT2D eigenvalue weighted by Gasteiger charge is 2.50. The van der Waals surface area contributed by atoms with E-state index in [0.29, 0.717) is 10.0 Å². The summed E-state index contributed by atoms with van der Waals surface area (Å²) in [5, 5.41) is 6.79. The topological polar surface area (TPSA) is 117 Å². The minimum absolute atomic E-state index is 0.0256. The molecule has 4 N–H and O–H groups in total. The number of nitrogens with one attached hydrogen (secondary N) is 2. The maximum atomic E-state index is 13.1. The maximum absolute atomic E-state index is 13.1. The minimum Gasteiger partial charge on any atom is -0.375 e. The Hall–Kier alpha value is -2.43. The molecular weight excluding hydrogens is 508 g/mol. The molecule has 0 bridgehead atoms. The van der Waals surface area contributed by atoms with E-state index >= 15 is 0 Å². The van der Waals surface area contributed by atoms with Crippen molar-refractivity contribution in [1.29, 1.82) is 0 Å². The third kappa shape index (κ3) is 4.91. The molecule has 2 aromatic carbocycles. The van der Waals surface area contributed by atoms with Gasteiger partial charge in [-0.05, 0) is 48.6 Å². The van der Waals surface area contributed by atoms with E-state index in [1.165, 1.54) is 36.4 Å². The molecular formula is C18H11Cl4N5O3S. The Morgan fingerprint density at radius 2 is 1.65 bits per heavy atom. The van der Waals surface area contributed by atoms with Crippen LogP contribution in [0.25, 0.3) is 0 Å². The Morgan fingerprint density at radius 1 is 1.03 bits per heavy atom. The van der Waals surface area contributed by atoms with E-state index in [1.54, 1.807) is 0 Å². The average Bonchev–Trinajstić information content (AvgIpc) is 2.92. The highest BCUT2D eigenvalue weighted by atomic mass is 35.5. The van der Waals surface area contributed by atoms with Crippen molar-refractivity contribution in [2.75, 3.05) is 10.2 Å². The first-order valence-electron chi connectivity index (χ1n) is 8.32. The lowest BCUT2D eigenvalue weighted by atomic mass is 10.0. The van der Waals surface area contributed by atoms with Crippen LogP contribution in [-0.2, 0) is 14.4 Å². The van der Waals surface area contributed by atoms with Gasteiger partial charge in [-0.3, -0.25) is 19.8 Å². The van der Waals surface area contributed by atoms with E-state index in [1.807, 2.05) is 0 Å². The fraction of sp³-hybridized carbons (Fsp3) is 0.0556. The molecule has 0 saturated carbocycles. The molecule has 2 aromatic rings. The molecule has 8 nitrogen and oxygen atoms in total. The smallest absolute Gasteiger partial charge is 0.282 e. The molecule has 0 radical (unpaired) electrons. The predicted molar refractivity (Wildman–Crippen MR) is 125 cm³/mol. The van der Waals surface area contributed by atoms with Gasteiger partial charge in [-0.25, -0.2) is 4.90 Å². The van der Waals surface area contributed by atoms with Crippen LogP contribution in [0.4, 0.5) is 11.4 Å². The number of carbonyl (C=O) groups is 3. The first kappa shape index (κ1) is 23.2. The molecule has 13 heteroatoms. The number of halogens is 4. The van der Waals surface area contributed by atoms with Crippen LogP contribution >= 0.6 is 58.6 Å². The van der Waals surface area contributed by atoms with Gasteiger partial charge in [0, 0.05) is 10.0 Å². The fourth-order valence-electron chi connectivity index (χ4n) is 2.73. The number of amides is 3. The number of benzene rings is 2. The van der Waals surface area contributed by atoms with Crippen molar-refractivity contribution in [3.05, 3.63) is 56.5 Å². The van der Waals surface area contributed by atoms with Crippen molar-refractivity contribution < 1.29 is 14.4 Å². The zero-order valence-corrected chi connectivity index (χ0v) is 19.0. The van der Waals surface area contributed by atoms with E-state index < -0.39 is 29.4 Å². The van der Waals surface area contributed by atoms with Crippen molar-refractivity contribution in [3.63, 3.8) is 0 Å². The molecule has 1 fully saturated rings. The fourth-order valence-corrected chi connectivity index (χ4v) is 3.73. The zero-order chi connectivity index (χ0) is 22.9. The zero-order valence-electron chi connectivity index (χ0n) is 15.2. The van der Waals surface area contributed by atoms with Crippen LogP contribution < -0.4 is 21.4 Å². The van der Waals surface area contributed by atoms with Gasteiger partial charge in [-0.15, -0.1) is 0 Å². The molecule has 160 valence electrons. The third-order valence-corrected chi connectivity index (χ3v) is 5.23. The van der Waals surface area contributed by atoms with Crippen molar-refractivity contribution >= 4 is 98.5 Å². The summed E-state index contributed by atoms with van der Waals surface area (Å²) < 4.78 is 0. The summed E-state index contributed by atoms with van der Waals surface area (Å²) in [5.41, 5.74) is 7.35. The summed E-state index contributed by atoms with van der Waals surface area (Å²) in [4.78, 5) is 39.8. The van der Waals surface area contributed by atoms with Crippen LogP contribution in [0.1, 0.15) is 0 Å². The first-order chi connectivity index (χ1) is 14.6. The van der Waals surface area contributed by atoms with Crippen LogP contribution in [0.5, 0.6) is 0 Å². The second-order valence-corrected chi connectivity index (χ2v) is 8.22. The molecule has 1 aliphatic heterocycles. The largest absolute Gasteiger partial charge is 0.375 e. The lowest BCUT2D eigenvalue weighted by Crippen LogP contribution is -2.35. The number of imide groups is 1. The lowest BCUT2D eigenvalue weighted by Gasteiger charge is -2.16. The number of anilines is 2. The van der Waals surface area contributed by atoms with Gasteiger partial charge < -0.3 is 11.1 Å². The van der Waals surface area contributed by atoms with Crippen molar-refractivity contribution in [2.45, 2.75) is 0 Å². The summed E-state index contributed by atoms with van der Waals surface area (Å²) in [7, 11) is 0. The second-order valence-electron chi connectivity index (χ2n) is 6.09. The Labute approximate surface area is 201 Å². The van der Waals surface area contributed by atoms with E-state index in [4.69, 9.17) is 52.1 Å². The van der Waals surface area contributed by atoms with E-state index in [0.717, 1.165) is 4.90 Å². The van der Waals surface area contributed by atoms with Gasteiger partial charge in [0.25, 0.3) is 11.8 Å². The quantitative estimate of drug-likeness (QED) is 0.246. The molecule has 1 atom stereocenters. The first-order valence-corrected chi connectivity index (χ1v) is 10.2. The van der Waals surface area contributed by atoms with Gasteiger partial charge in [0.2, 0.25) is 5.91 Å². The van der Waals surface area contributed by atoms with E-state index in [9.17, 15) is 14.4 Å².